The highest BCUT2D eigenvalue weighted by Gasteiger charge is 2.35. The van der Waals surface area contributed by atoms with Crippen LogP contribution in [0.5, 0.6) is 0 Å². The van der Waals surface area contributed by atoms with E-state index < -0.39 is 0 Å². The van der Waals surface area contributed by atoms with Crippen LogP contribution in [-0.2, 0) is 0 Å². The minimum Gasteiger partial charge on any atom is -0.370 e. The van der Waals surface area contributed by atoms with Crippen LogP contribution >= 0.6 is 0 Å². The molecule has 100 valence electrons. The molecule has 0 spiro atoms. The maximum Gasteiger partial charge on any atom is 0.124 e. The summed E-state index contributed by atoms with van der Waals surface area (Å²) in [6.45, 7) is 9.99. The molecule has 0 bridgehead atoms. The fourth-order valence-corrected chi connectivity index (χ4v) is 2.72. The first-order valence-electron chi connectivity index (χ1n) is 6.88. The lowest BCUT2D eigenvalue weighted by molar-refractivity contribution is 0.291. The number of nitrogens with zero attached hydrogens (tertiary/aromatic N) is 2. The Hall–Kier alpha value is -1.07. The van der Waals surface area contributed by atoms with E-state index in [9.17, 15) is 0 Å². The van der Waals surface area contributed by atoms with E-state index in [1.807, 2.05) is 6.20 Å². The van der Waals surface area contributed by atoms with Crippen LogP contribution in [0.4, 0.5) is 5.82 Å². The molecular formula is C13H23N5. The van der Waals surface area contributed by atoms with Crippen LogP contribution in [-0.4, -0.2) is 42.5 Å². The summed E-state index contributed by atoms with van der Waals surface area (Å²) in [4.78, 5) is 0. The molecule has 3 N–H and O–H groups in total. The molecular weight excluding hydrogens is 226 g/mol. The van der Waals surface area contributed by atoms with Crippen LogP contribution in [0.25, 0.3) is 0 Å². The SMILES string of the molecule is CC1CNCC1(C)CNc1ccnn1C1CNC1. The predicted molar refractivity (Wildman–Crippen MR) is 72.8 cm³/mol. The van der Waals surface area contributed by atoms with E-state index in [1.165, 1.54) is 0 Å². The highest BCUT2D eigenvalue weighted by atomic mass is 15.4. The first-order chi connectivity index (χ1) is 8.69. The summed E-state index contributed by atoms with van der Waals surface area (Å²) < 4.78 is 2.12. The molecule has 0 saturated carbocycles. The number of aromatic nitrogens is 2. The maximum absolute atomic E-state index is 4.42. The molecule has 2 aliphatic rings. The van der Waals surface area contributed by atoms with Gasteiger partial charge in [-0.25, -0.2) is 4.68 Å². The Kier molecular flexibility index (Phi) is 3.03. The summed E-state index contributed by atoms with van der Waals surface area (Å²) in [6, 6.07) is 2.60. The summed E-state index contributed by atoms with van der Waals surface area (Å²) in [5.74, 6) is 1.87. The van der Waals surface area contributed by atoms with Crippen LogP contribution in [0, 0.1) is 11.3 Å². The van der Waals surface area contributed by atoms with Crippen LogP contribution in [0.3, 0.4) is 0 Å². The van der Waals surface area contributed by atoms with Gasteiger partial charge in [-0.15, -0.1) is 0 Å². The monoisotopic (exact) mass is 249 g/mol. The van der Waals surface area contributed by atoms with Crippen LogP contribution in [0.15, 0.2) is 12.3 Å². The minimum absolute atomic E-state index is 0.340. The second-order valence-corrected chi connectivity index (χ2v) is 6.01. The van der Waals surface area contributed by atoms with E-state index in [-0.39, 0.29) is 0 Å². The molecule has 2 unspecified atom stereocenters. The molecule has 2 saturated heterocycles. The molecule has 5 nitrogen and oxygen atoms in total. The highest BCUT2D eigenvalue weighted by Crippen LogP contribution is 2.31. The zero-order valence-electron chi connectivity index (χ0n) is 11.2. The highest BCUT2D eigenvalue weighted by molar-refractivity contribution is 5.35. The molecule has 5 heteroatoms. The maximum atomic E-state index is 4.42. The predicted octanol–water partition coefficient (Wildman–Crippen LogP) is 0.685. The van der Waals surface area contributed by atoms with E-state index in [0.29, 0.717) is 17.4 Å². The number of rotatable bonds is 4. The number of hydrogen-bond acceptors (Lipinski definition) is 4. The standard InChI is InChI=1S/C13H23N5/c1-10-5-15-8-13(10,2)9-16-12-3-4-17-18(12)11-6-14-7-11/h3-4,10-11,14-16H,5-9H2,1-2H3. The van der Waals surface area contributed by atoms with Crippen LogP contribution in [0.1, 0.15) is 19.9 Å². The van der Waals surface area contributed by atoms with Gasteiger partial charge in [0, 0.05) is 37.7 Å². The lowest BCUT2D eigenvalue weighted by Crippen LogP contribution is -2.44. The van der Waals surface area contributed by atoms with Crippen molar-refractivity contribution in [2.45, 2.75) is 19.9 Å². The lowest BCUT2D eigenvalue weighted by atomic mass is 9.81. The van der Waals surface area contributed by atoms with Crippen molar-refractivity contribution in [1.82, 2.24) is 20.4 Å². The number of nitrogens with one attached hydrogen (secondary N) is 3. The molecule has 2 aliphatic heterocycles. The molecule has 0 aliphatic carbocycles. The zero-order valence-corrected chi connectivity index (χ0v) is 11.2. The third-order valence-corrected chi connectivity index (χ3v) is 4.62. The molecule has 1 aromatic rings. The van der Waals surface area contributed by atoms with E-state index in [1.54, 1.807) is 0 Å². The quantitative estimate of drug-likeness (QED) is 0.735. The molecule has 0 radical (unpaired) electrons. The van der Waals surface area contributed by atoms with Gasteiger partial charge in [0.15, 0.2) is 0 Å². The second-order valence-electron chi connectivity index (χ2n) is 6.01. The van der Waals surface area contributed by atoms with Gasteiger partial charge >= 0.3 is 0 Å². The second kappa shape index (κ2) is 4.55. The summed E-state index contributed by atoms with van der Waals surface area (Å²) in [5.41, 5.74) is 0.340. The van der Waals surface area contributed by atoms with Gasteiger partial charge in [0.1, 0.15) is 5.82 Å². The fraction of sp³-hybridized carbons (Fsp3) is 0.769. The summed E-state index contributed by atoms with van der Waals surface area (Å²) >= 11 is 0. The molecule has 1 aromatic heterocycles. The number of hydrogen-bond donors (Lipinski definition) is 3. The Morgan fingerprint density at radius 1 is 1.44 bits per heavy atom. The molecule has 2 atom stereocenters. The van der Waals surface area contributed by atoms with E-state index in [0.717, 1.165) is 38.5 Å². The van der Waals surface area contributed by atoms with Gasteiger partial charge in [-0.05, 0) is 12.5 Å². The van der Waals surface area contributed by atoms with Gasteiger partial charge in [0.2, 0.25) is 0 Å². The van der Waals surface area contributed by atoms with E-state index in [2.05, 4.69) is 45.6 Å². The van der Waals surface area contributed by atoms with Crippen molar-refractivity contribution in [3.8, 4) is 0 Å². The normalized spacial score (nSPS) is 32.4. The van der Waals surface area contributed by atoms with Crippen molar-refractivity contribution in [2.24, 2.45) is 11.3 Å². The van der Waals surface area contributed by atoms with E-state index >= 15 is 0 Å². The molecule has 18 heavy (non-hydrogen) atoms. The average molecular weight is 249 g/mol. The third-order valence-electron chi connectivity index (χ3n) is 4.62. The Morgan fingerprint density at radius 2 is 2.28 bits per heavy atom. The van der Waals surface area contributed by atoms with Crippen molar-refractivity contribution < 1.29 is 0 Å². The Bertz CT molecular complexity index is 411. The summed E-state index contributed by atoms with van der Waals surface area (Å²) in [5, 5.41) is 14.8. The molecule has 2 fully saturated rings. The largest absolute Gasteiger partial charge is 0.370 e. The molecule has 0 amide bonds. The van der Waals surface area contributed by atoms with Crippen LogP contribution in [0.2, 0.25) is 0 Å². The van der Waals surface area contributed by atoms with Gasteiger partial charge in [-0.3, -0.25) is 0 Å². The average Bonchev–Trinajstić information content (AvgIpc) is 2.84. The van der Waals surface area contributed by atoms with Gasteiger partial charge in [0.05, 0.1) is 12.2 Å². The molecule has 0 aromatic carbocycles. The Balaban J connectivity index is 1.64. The first kappa shape index (κ1) is 12.0. The fourth-order valence-electron chi connectivity index (χ4n) is 2.72. The molecule has 3 heterocycles. The topological polar surface area (TPSA) is 53.9 Å². The smallest absolute Gasteiger partial charge is 0.124 e. The molecule has 3 rings (SSSR count). The van der Waals surface area contributed by atoms with Crippen molar-refractivity contribution in [3.63, 3.8) is 0 Å². The Morgan fingerprint density at radius 3 is 2.89 bits per heavy atom. The third kappa shape index (κ3) is 2.01. The van der Waals surface area contributed by atoms with Crippen LogP contribution < -0.4 is 16.0 Å². The van der Waals surface area contributed by atoms with Gasteiger partial charge in [-0.1, -0.05) is 13.8 Å². The van der Waals surface area contributed by atoms with Gasteiger partial charge in [-0.2, -0.15) is 5.10 Å². The van der Waals surface area contributed by atoms with Gasteiger partial charge in [0.25, 0.3) is 0 Å². The van der Waals surface area contributed by atoms with Crippen molar-refractivity contribution in [2.75, 3.05) is 38.0 Å². The Labute approximate surface area is 108 Å². The minimum atomic E-state index is 0.340. The van der Waals surface area contributed by atoms with Crippen molar-refractivity contribution >= 4 is 5.82 Å². The summed E-state index contributed by atoms with van der Waals surface area (Å²) in [7, 11) is 0. The van der Waals surface area contributed by atoms with E-state index in [4.69, 9.17) is 0 Å². The van der Waals surface area contributed by atoms with Crippen molar-refractivity contribution in [1.29, 1.82) is 0 Å². The summed E-state index contributed by atoms with van der Waals surface area (Å²) in [6.07, 6.45) is 1.89. The zero-order chi connectivity index (χ0) is 12.6. The first-order valence-corrected chi connectivity index (χ1v) is 6.88. The number of anilines is 1. The lowest BCUT2D eigenvalue weighted by Gasteiger charge is -2.31. The van der Waals surface area contributed by atoms with Crippen molar-refractivity contribution in [3.05, 3.63) is 12.3 Å². The van der Waals surface area contributed by atoms with Gasteiger partial charge < -0.3 is 16.0 Å².